The molecule has 5 heteroatoms. The molecule has 152 valence electrons. The SMILES string of the molecule is O=C(NCC12CC3CC(CC(C3)C1)C2)c1cc(O[C@H]2CCCNC2)ccc1Cl. The van der Waals surface area contributed by atoms with Gasteiger partial charge in [-0.25, -0.2) is 0 Å². The van der Waals surface area contributed by atoms with Gasteiger partial charge in [-0.1, -0.05) is 11.6 Å². The largest absolute Gasteiger partial charge is 0.489 e. The predicted octanol–water partition coefficient (Wildman–Crippen LogP) is 4.42. The summed E-state index contributed by atoms with van der Waals surface area (Å²) in [5.41, 5.74) is 0.867. The van der Waals surface area contributed by atoms with E-state index in [1.807, 2.05) is 12.1 Å². The summed E-state index contributed by atoms with van der Waals surface area (Å²) in [5, 5.41) is 7.09. The smallest absolute Gasteiger partial charge is 0.252 e. The molecule has 4 saturated carbocycles. The van der Waals surface area contributed by atoms with Gasteiger partial charge in [-0.3, -0.25) is 4.79 Å². The van der Waals surface area contributed by atoms with Crippen LogP contribution in [0.3, 0.4) is 0 Å². The number of nitrogens with one attached hydrogen (secondary N) is 2. The molecule has 1 aromatic rings. The molecule has 28 heavy (non-hydrogen) atoms. The van der Waals surface area contributed by atoms with Crippen molar-refractivity contribution in [3.05, 3.63) is 28.8 Å². The van der Waals surface area contributed by atoms with Crippen LogP contribution in [0.15, 0.2) is 18.2 Å². The lowest BCUT2D eigenvalue weighted by molar-refractivity contribution is -0.0503. The molecule has 1 saturated heterocycles. The van der Waals surface area contributed by atoms with Gasteiger partial charge in [-0.2, -0.15) is 0 Å². The Morgan fingerprint density at radius 1 is 1.18 bits per heavy atom. The first kappa shape index (κ1) is 18.7. The second kappa shape index (κ2) is 7.53. The van der Waals surface area contributed by atoms with Gasteiger partial charge in [0.1, 0.15) is 11.9 Å². The maximum Gasteiger partial charge on any atom is 0.252 e. The summed E-state index contributed by atoms with van der Waals surface area (Å²) >= 11 is 6.36. The van der Waals surface area contributed by atoms with Gasteiger partial charge in [0.15, 0.2) is 0 Å². The van der Waals surface area contributed by atoms with Crippen LogP contribution in [-0.4, -0.2) is 31.6 Å². The average Bonchev–Trinajstić information content (AvgIpc) is 2.67. The van der Waals surface area contributed by atoms with E-state index in [1.54, 1.807) is 6.07 Å². The van der Waals surface area contributed by atoms with Crippen LogP contribution in [0.2, 0.25) is 5.02 Å². The molecule has 4 nitrogen and oxygen atoms in total. The Bertz CT molecular complexity index is 709. The summed E-state index contributed by atoms with van der Waals surface area (Å²) in [6, 6.07) is 5.46. The zero-order chi connectivity index (χ0) is 19.1. The van der Waals surface area contributed by atoms with E-state index in [9.17, 15) is 4.79 Å². The van der Waals surface area contributed by atoms with E-state index in [4.69, 9.17) is 16.3 Å². The molecule has 0 radical (unpaired) electrons. The maximum absolute atomic E-state index is 12.9. The fraction of sp³-hybridized carbons (Fsp3) is 0.696. The number of ether oxygens (including phenoxy) is 1. The zero-order valence-corrected chi connectivity index (χ0v) is 17.3. The molecule has 1 aromatic carbocycles. The highest BCUT2D eigenvalue weighted by atomic mass is 35.5. The number of hydrogen-bond acceptors (Lipinski definition) is 3. The fourth-order valence-electron chi connectivity index (χ4n) is 6.73. The quantitative estimate of drug-likeness (QED) is 0.766. The van der Waals surface area contributed by atoms with Crippen molar-refractivity contribution in [2.24, 2.45) is 23.2 Å². The van der Waals surface area contributed by atoms with E-state index in [-0.39, 0.29) is 12.0 Å². The summed E-state index contributed by atoms with van der Waals surface area (Å²) in [6.45, 7) is 2.71. The van der Waals surface area contributed by atoms with E-state index in [0.717, 1.165) is 56.0 Å². The lowest BCUT2D eigenvalue weighted by atomic mass is 9.49. The Balaban J connectivity index is 1.24. The van der Waals surface area contributed by atoms with Crippen molar-refractivity contribution in [3.8, 4) is 5.75 Å². The van der Waals surface area contributed by atoms with Gasteiger partial charge in [-0.15, -0.1) is 0 Å². The highest BCUT2D eigenvalue weighted by Crippen LogP contribution is 2.59. The summed E-state index contributed by atoms with van der Waals surface area (Å²) in [5.74, 6) is 3.36. The summed E-state index contributed by atoms with van der Waals surface area (Å²) in [7, 11) is 0. The molecule has 0 spiro atoms. The molecular weight excluding hydrogens is 372 g/mol. The van der Waals surface area contributed by atoms with E-state index >= 15 is 0 Å². The third kappa shape index (κ3) is 3.78. The number of hydrogen-bond donors (Lipinski definition) is 2. The minimum Gasteiger partial charge on any atom is -0.489 e. The third-order valence-electron chi connectivity index (χ3n) is 7.53. The number of halogens is 1. The Labute approximate surface area is 172 Å². The number of benzene rings is 1. The fourth-order valence-corrected chi connectivity index (χ4v) is 6.94. The van der Waals surface area contributed by atoms with Crippen LogP contribution in [0.5, 0.6) is 5.75 Å². The van der Waals surface area contributed by atoms with Gasteiger partial charge in [-0.05, 0) is 99.3 Å². The predicted molar refractivity (Wildman–Crippen MR) is 111 cm³/mol. The van der Waals surface area contributed by atoms with Gasteiger partial charge < -0.3 is 15.4 Å². The number of rotatable bonds is 5. The van der Waals surface area contributed by atoms with E-state index in [2.05, 4.69) is 10.6 Å². The molecule has 6 rings (SSSR count). The Morgan fingerprint density at radius 3 is 2.54 bits per heavy atom. The molecule has 0 aromatic heterocycles. The molecule has 5 aliphatic rings. The molecule has 4 aliphatic carbocycles. The van der Waals surface area contributed by atoms with Gasteiger partial charge in [0.25, 0.3) is 5.91 Å². The van der Waals surface area contributed by atoms with Crippen LogP contribution < -0.4 is 15.4 Å². The van der Waals surface area contributed by atoms with Crippen LogP contribution in [0, 0.1) is 23.2 Å². The number of carbonyl (C=O) groups excluding carboxylic acids is 1. The Morgan fingerprint density at radius 2 is 1.89 bits per heavy atom. The first-order valence-electron chi connectivity index (χ1n) is 11.0. The van der Waals surface area contributed by atoms with Gasteiger partial charge in [0.05, 0.1) is 10.6 Å². The summed E-state index contributed by atoms with van der Waals surface area (Å²) in [6.07, 6.45) is 10.5. The molecule has 1 amide bonds. The number of piperidine rings is 1. The van der Waals surface area contributed by atoms with Crippen LogP contribution in [0.1, 0.15) is 61.7 Å². The monoisotopic (exact) mass is 402 g/mol. The average molecular weight is 403 g/mol. The maximum atomic E-state index is 12.9. The summed E-state index contributed by atoms with van der Waals surface area (Å²) < 4.78 is 6.08. The van der Waals surface area contributed by atoms with Crippen molar-refractivity contribution in [1.29, 1.82) is 0 Å². The second-order valence-corrected chi connectivity index (χ2v) is 10.2. The molecular formula is C23H31ClN2O2. The Hall–Kier alpha value is -1.26. The van der Waals surface area contributed by atoms with E-state index in [0.29, 0.717) is 16.0 Å². The van der Waals surface area contributed by atoms with Crippen molar-refractivity contribution < 1.29 is 9.53 Å². The molecule has 1 heterocycles. The van der Waals surface area contributed by atoms with Crippen molar-refractivity contribution in [1.82, 2.24) is 10.6 Å². The first-order chi connectivity index (χ1) is 13.6. The van der Waals surface area contributed by atoms with Crippen molar-refractivity contribution in [2.75, 3.05) is 19.6 Å². The lowest BCUT2D eigenvalue weighted by Crippen LogP contribution is -2.51. The van der Waals surface area contributed by atoms with Crippen LogP contribution in [0.4, 0.5) is 0 Å². The highest BCUT2D eigenvalue weighted by molar-refractivity contribution is 6.33. The second-order valence-electron chi connectivity index (χ2n) is 9.83. The van der Waals surface area contributed by atoms with Crippen molar-refractivity contribution >= 4 is 17.5 Å². The normalized spacial score (nSPS) is 36.3. The first-order valence-corrected chi connectivity index (χ1v) is 11.4. The number of amides is 1. The topological polar surface area (TPSA) is 50.4 Å². The van der Waals surface area contributed by atoms with Crippen LogP contribution >= 0.6 is 11.6 Å². The third-order valence-corrected chi connectivity index (χ3v) is 7.86. The van der Waals surface area contributed by atoms with Crippen LogP contribution in [0.25, 0.3) is 0 Å². The highest BCUT2D eigenvalue weighted by Gasteiger charge is 2.50. The minimum absolute atomic E-state index is 0.0621. The molecule has 5 fully saturated rings. The summed E-state index contributed by atoms with van der Waals surface area (Å²) in [4.78, 5) is 12.9. The van der Waals surface area contributed by atoms with E-state index < -0.39 is 0 Å². The molecule has 0 unspecified atom stereocenters. The molecule has 1 aliphatic heterocycles. The molecule has 2 N–H and O–H groups in total. The molecule has 4 bridgehead atoms. The van der Waals surface area contributed by atoms with Gasteiger partial charge in [0, 0.05) is 13.1 Å². The van der Waals surface area contributed by atoms with Gasteiger partial charge in [0.2, 0.25) is 0 Å². The zero-order valence-electron chi connectivity index (χ0n) is 16.5. The standard InChI is InChI=1S/C23H31ClN2O2/c24-21-4-3-18(28-19-2-1-5-25-13-19)9-20(21)22(27)26-14-23-10-15-6-16(11-23)8-17(7-15)12-23/h3-4,9,15-17,19,25H,1-2,5-8,10-14H2,(H,26,27)/t15?,16?,17?,19-,23?/m0/s1. The van der Waals surface area contributed by atoms with Crippen molar-refractivity contribution in [2.45, 2.75) is 57.5 Å². The van der Waals surface area contributed by atoms with Gasteiger partial charge >= 0.3 is 0 Å². The minimum atomic E-state index is -0.0621. The van der Waals surface area contributed by atoms with E-state index in [1.165, 1.54) is 38.5 Å². The van der Waals surface area contributed by atoms with Crippen molar-refractivity contribution in [3.63, 3.8) is 0 Å². The van der Waals surface area contributed by atoms with Crippen LogP contribution in [-0.2, 0) is 0 Å². The molecule has 1 atom stereocenters. The number of carbonyl (C=O) groups is 1. The lowest BCUT2D eigenvalue weighted by Gasteiger charge is -2.56. The Kier molecular flexibility index (Phi) is 5.04.